The molecule has 0 aliphatic carbocycles. The Balaban J connectivity index is 3.31. The van der Waals surface area contributed by atoms with Crippen LogP contribution in [-0.2, 0) is 0 Å². The molecule has 0 saturated carbocycles. The highest BCUT2D eigenvalue weighted by Gasteiger charge is 2.14. The largest absolute Gasteiger partial charge is 0.493 e. The Morgan fingerprint density at radius 1 is 1.60 bits per heavy atom. The van der Waals surface area contributed by atoms with Gasteiger partial charge in [0.25, 0.3) is 0 Å². The van der Waals surface area contributed by atoms with Crippen molar-refractivity contribution in [1.29, 1.82) is 0 Å². The van der Waals surface area contributed by atoms with Crippen LogP contribution in [0.3, 0.4) is 0 Å². The molecule has 15 heavy (non-hydrogen) atoms. The van der Waals surface area contributed by atoms with Crippen LogP contribution in [0.15, 0.2) is 12.1 Å². The van der Waals surface area contributed by atoms with E-state index in [1.807, 2.05) is 0 Å². The summed E-state index contributed by atoms with van der Waals surface area (Å²) in [6, 6.07) is 1.91. The van der Waals surface area contributed by atoms with Crippen molar-refractivity contribution in [2.45, 2.75) is 6.92 Å². The molecule has 0 fully saturated rings. The van der Waals surface area contributed by atoms with E-state index >= 15 is 0 Å². The summed E-state index contributed by atoms with van der Waals surface area (Å²) in [5.41, 5.74) is -0.511. The molecule has 0 spiro atoms. The first kappa shape index (κ1) is 11.2. The fourth-order valence-corrected chi connectivity index (χ4v) is 1.11. The number of carboxylic acid groups (broad SMARTS) is 1. The molecule has 0 heterocycles. The number of aldehydes is 1. The highest BCUT2D eigenvalue weighted by molar-refractivity contribution is 5.90. The number of benzene rings is 1. The van der Waals surface area contributed by atoms with Crippen LogP contribution in [0, 0.1) is 5.82 Å². The van der Waals surface area contributed by atoms with E-state index in [1.54, 1.807) is 6.92 Å². The Bertz CT molecular complexity index is 401. The summed E-state index contributed by atoms with van der Waals surface area (Å²) < 4.78 is 18.2. The zero-order chi connectivity index (χ0) is 11.4. The minimum atomic E-state index is -1.27. The zero-order valence-electron chi connectivity index (χ0n) is 7.99. The maximum Gasteiger partial charge on any atom is 0.335 e. The second kappa shape index (κ2) is 4.54. The van der Waals surface area contributed by atoms with Crippen LogP contribution in [-0.4, -0.2) is 24.0 Å². The van der Waals surface area contributed by atoms with Crippen molar-refractivity contribution in [3.05, 3.63) is 29.1 Å². The third-order valence-corrected chi connectivity index (χ3v) is 1.76. The molecule has 1 N–H and O–H groups in total. The lowest BCUT2D eigenvalue weighted by Gasteiger charge is -2.07. The summed E-state index contributed by atoms with van der Waals surface area (Å²) >= 11 is 0. The number of ether oxygens (including phenoxy) is 1. The summed E-state index contributed by atoms with van der Waals surface area (Å²) in [7, 11) is 0. The van der Waals surface area contributed by atoms with Crippen molar-refractivity contribution in [3.63, 3.8) is 0 Å². The monoisotopic (exact) mass is 212 g/mol. The smallest absolute Gasteiger partial charge is 0.335 e. The van der Waals surface area contributed by atoms with E-state index < -0.39 is 11.8 Å². The number of rotatable bonds is 4. The third kappa shape index (κ3) is 2.31. The van der Waals surface area contributed by atoms with Gasteiger partial charge in [-0.3, -0.25) is 4.79 Å². The van der Waals surface area contributed by atoms with Gasteiger partial charge in [0.05, 0.1) is 17.7 Å². The standard InChI is InChI=1S/C10H9FO4/c1-2-15-9-4-6(10(13)14)3-8(11)7(9)5-12/h3-5H,2H2,1H3,(H,13,14). The zero-order valence-corrected chi connectivity index (χ0v) is 7.99. The van der Waals surface area contributed by atoms with Crippen LogP contribution in [0.2, 0.25) is 0 Å². The van der Waals surface area contributed by atoms with Crippen molar-refractivity contribution in [2.24, 2.45) is 0 Å². The van der Waals surface area contributed by atoms with E-state index in [9.17, 15) is 14.0 Å². The lowest BCUT2D eigenvalue weighted by Crippen LogP contribution is -2.04. The van der Waals surface area contributed by atoms with E-state index in [2.05, 4.69) is 0 Å². The van der Waals surface area contributed by atoms with Crippen molar-refractivity contribution < 1.29 is 23.8 Å². The summed E-state index contributed by atoms with van der Waals surface area (Å²) in [6.07, 6.45) is 0.298. The topological polar surface area (TPSA) is 63.6 Å². The van der Waals surface area contributed by atoms with Gasteiger partial charge in [0.1, 0.15) is 11.6 Å². The lowest BCUT2D eigenvalue weighted by atomic mass is 10.1. The number of carbonyl (C=O) groups is 2. The first-order chi connectivity index (χ1) is 7.10. The predicted octanol–water partition coefficient (Wildman–Crippen LogP) is 1.74. The molecule has 1 rings (SSSR count). The van der Waals surface area contributed by atoms with Gasteiger partial charge in [-0.1, -0.05) is 0 Å². The fourth-order valence-electron chi connectivity index (χ4n) is 1.11. The van der Waals surface area contributed by atoms with Crippen molar-refractivity contribution in [3.8, 4) is 5.75 Å². The lowest BCUT2D eigenvalue weighted by molar-refractivity contribution is 0.0695. The average molecular weight is 212 g/mol. The van der Waals surface area contributed by atoms with Gasteiger partial charge in [-0.15, -0.1) is 0 Å². The summed E-state index contributed by atoms with van der Waals surface area (Å²) in [5, 5.41) is 8.65. The van der Waals surface area contributed by atoms with Crippen LogP contribution in [0.4, 0.5) is 4.39 Å². The Labute approximate surface area is 85.3 Å². The second-order valence-corrected chi connectivity index (χ2v) is 2.73. The normalized spacial score (nSPS) is 9.73. The molecule has 0 amide bonds. The fraction of sp³-hybridized carbons (Fsp3) is 0.200. The molecule has 5 heteroatoms. The number of hydrogen-bond donors (Lipinski definition) is 1. The first-order valence-corrected chi connectivity index (χ1v) is 4.25. The highest BCUT2D eigenvalue weighted by atomic mass is 19.1. The SMILES string of the molecule is CCOc1cc(C(=O)O)cc(F)c1C=O. The highest BCUT2D eigenvalue weighted by Crippen LogP contribution is 2.22. The number of hydrogen-bond acceptors (Lipinski definition) is 3. The van der Waals surface area contributed by atoms with Crippen LogP contribution in [0.25, 0.3) is 0 Å². The van der Waals surface area contributed by atoms with Gasteiger partial charge in [0, 0.05) is 0 Å². The Morgan fingerprint density at radius 3 is 2.73 bits per heavy atom. The van der Waals surface area contributed by atoms with E-state index in [0.717, 1.165) is 12.1 Å². The number of carbonyl (C=O) groups excluding carboxylic acids is 1. The van der Waals surface area contributed by atoms with Crippen molar-refractivity contribution >= 4 is 12.3 Å². The maximum atomic E-state index is 13.2. The number of aromatic carboxylic acids is 1. The van der Waals surface area contributed by atoms with E-state index in [4.69, 9.17) is 9.84 Å². The van der Waals surface area contributed by atoms with Gasteiger partial charge >= 0.3 is 5.97 Å². The molecule has 0 bridgehead atoms. The molecule has 0 aliphatic rings. The van der Waals surface area contributed by atoms with Crippen LogP contribution >= 0.6 is 0 Å². The second-order valence-electron chi connectivity index (χ2n) is 2.73. The summed E-state index contributed by atoms with van der Waals surface area (Å²) in [6.45, 7) is 1.88. The van der Waals surface area contributed by atoms with Gasteiger partial charge in [-0.25, -0.2) is 9.18 Å². The van der Waals surface area contributed by atoms with Crippen LogP contribution < -0.4 is 4.74 Å². The molecular formula is C10H9FO4. The summed E-state index contributed by atoms with van der Waals surface area (Å²) in [5.74, 6) is -2.22. The molecule has 0 aromatic heterocycles. The molecule has 80 valence electrons. The van der Waals surface area contributed by atoms with Crippen LogP contribution in [0.5, 0.6) is 5.75 Å². The average Bonchev–Trinajstić information content (AvgIpc) is 2.17. The number of carboxylic acids is 1. The third-order valence-electron chi connectivity index (χ3n) is 1.76. The molecule has 0 unspecified atom stereocenters. The Hall–Kier alpha value is -1.91. The molecule has 1 aromatic rings. The molecule has 4 nitrogen and oxygen atoms in total. The molecule has 0 saturated heterocycles. The number of halogens is 1. The van der Waals surface area contributed by atoms with Crippen molar-refractivity contribution in [1.82, 2.24) is 0 Å². The van der Waals surface area contributed by atoms with Crippen molar-refractivity contribution in [2.75, 3.05) is 6.61 Å². The molecule has 0 radical (unpaired) electrons. The molecule has 0 atom stereocenters. The van der Waals surface area contributed by atoms with Crippen LogP contribution in [0.1, 0.15) is 27.6 Å². The Kier molecular flexibility index (Phi) is 3.38. The predicted molar refractivity (Wildman–Crippen MR) is 49.9 cm³/mol. The minimum Gasteiger partial charge on any atom is -0.493 e. The van der Waals surface area contributed by atoms with Gasteiger partial charge in [-0.2, -0.15) is 0 Å². The molecule has 1 aromatic carbocycles. The Morgan fingerprint density at radius 2 is 2.27 bits per heavy atom. The minimum absolute atomic E-state index is 0.0510. The molecular weight excluding hydrogens is 203 g/mol. The van der Waals surface area contributed by atoms with Gasteiger partial charge in [0.2, 0.25) is 0 Å². The molecule has 0 aliphatic heterocycles. The van der Waals surface area contributed by atoms with Gasteiger partial charge in [-0.05, 0) is 19.1 Å². The summed E-state index contributed by atoms with van der Waals surface area (Å²) in [4.78, 5) is 21.1. The maximum absolute atomic E-state index is 13.2. The first-order valence-electron chi connectivity index (χ1n) is 4.25. The van der Waals surface area contributed by atoms with Gasteiger partial charge in [0.15, 0.2) is 6.29 Å². The quantitative estimate of drug-likeness (QED) is 0.772. The van der Waals surface area contributed by atoms with E-state index in [-0.39, 0.29) is 23.5 Å². The van der Waals surface area contributed by atoms with Gasteiger partial charge < -0.3 is 9.84 Å². The van der Waals surface area contributed by atoms with E-state index in [0.29, 0.717) is 6.29 Å². The van der Waals surface area contributed by atoms with E-state index in [1.165, 1.54) is 0 Å².